The molecule has 4 nitrogen and oxygen atoms in total. The van der Waals surface area contributed by atoms with Crippen LogP contribution in [0.4, 0.5) is 0 Å². The van der Waals surface area contributed by atoms with Crippen molar-refractivity contribution in [2.24, 2.45) is 12.0 Å². The number of amides is 1. The highest BCUT2D eigenvalue weighted by Crippen LogP contribution is 2.17. The van der Waals surface area contributed by atoms with Crippen molar-refractivity contribution in [1.29, 1.82) is 0 Å². The van der Waals surface area contributed by atoms with Crippen molar-refractivity contribution < 1.29 is 9.59 Å². The minimum atomic E-state index is -0.279. The molecule has 1 aromatic carbocycles. The van der Waals surface area contributed by atoms with Crippen LogP contribution in [-0.4, -0.2) is 21.3 Å². The first-order valence-electron chi connectivity index (χ1n) is 5.74. The Bertz CT molecular complexity index is 713. The van der Waals surface area contributed by atoms with Gasteiger partial charge in [0.2, 0.25) is 0 Å². The summed E-state index contributed by atoms with van der Waals surface area (Å²) in [4.78, 5) is 27.2. The average molecular weight is 294 g/mol. The number of hydrogen-bond acceptors (Lipinski definition) is 4. The highest BCUT2D eigenvalue weighted by Gasteiger charge is 2.06. The fourth-order valence-corrected chi connectivity index (χ4v) is 3.18. The van der Waals surface area contributed by atoms with Crippen LogP contribution in [0.25, 0.3) is 10.2 Å². The number of benzene rings is 1. The number of hydrogen-bond donors (Lipinski definition) is 0. The molecular weight excluding hydrogens is 280 g/mol. The lowest BCUT2D eigenvalue weighted by Crippen LogP contribution is -2.14. The number of carbonyl (C=O) groups is 2. The molecule has 0 N–H and O–H groups in total. The normalized spacial score (nSPS) is 12.1. The number of carbonyl (C=O) groups excluding carboxylic acids is 2. The van der Waals surface area contributed by atoms with Crippen LogP contribution >= 0.6 is 23.1 Å². The van der Waals surface area contributed by atoms with Gasteiger partial charge in [-0.3, -0.25) is 9.59 Å². The average Bonchev–Trinajstić information content (AvgIpc) is 2.63. The maximum Gasteiger partial charge on any atom is 0.258 e. The van der Waals surface area contributed by atoms with E-state index in [1.54, 1.807) is 0 Å². The SMILES string of the molecule is CC(=O)SCC(=O)N=c1sc2cc(C)ccc2n1C. The summed E-state index contributed by atoms with van der Waals surface area (Å²) in [5.41, 5.74) is 2.24. The summed E-state index contributed by atoms with van der Waals surface area (Å²) < 4.78 is 3.00. The number of thioether (sulfide) groups is 1. The van der Waals surface area contributed by atoms with Gasteiger partial charge in [0.15, 0.2) is 9.92 Å². The Morgan fingerprint density at radius 3 is 2.84 bits per heavy atom. The standard InChI is InChI=1S/C13H14N2O2S2/c1-8-4-5-10-11(6-8)19-13(15(10)3)14-12(17)7-18-9(2)16/h4-6H,7H2,1-3H3. The predicted octanol–water partition coefficient (Wildman–Crippen LogP) is 2.26. The van der Waals surface area contributed by atoms with Gasteiger partial charge in [-0.1, -0.05) is 29.2 Å². The quantitative estimate of drug-likeness (QED) is 0.853. The van der Waals surface area contributed by atoms with Crippen molar-refractivity contribution >= 4 is 44.3 Å². The van der Waals surface area contributed by atoms with Gasteiger partial charge >= 0.3 is 0 Å². The Balaban J connectivity index is 2.37. The van der Waals surface area contributed by atoms with Gasteiger partial charge in [-0.25, -0.2) is 0 Å². The number of fused-ring (bicyclic) bond motifs is 1. The van der Waals surface area contributed by atoms with E-state index in [9.17, 15) is 9.59 Å². The molecule has 0 aliphatic rings. The highest BCUT2D eigenvalue weighted by molar-refractivity contribution is 8.14. The van der Waals surface area contributed by atoms with Gasteiger partial charge in [0.05, 0.1) is 16.0 Å². The van der Waals surface area contributed by atoms with Gasteiger partial charge in [0.25, 0.3) is 5.91 Å². The number of aromatic nitrogens is 1. The summed E-state index contributed by atoms with van der Waals surface area (Å²) >= 11 is 2.47. The molecule has 0 saturated carbocycles. The first-order valence-corrected chi connectivity index (χ1v) is 7.54. The molecule has 0 radical (unpaired) electrons. The monoisotopic (exact) mass is 294 g/mol. The summed E-state index contributed by atoms with van der Waals surface area (Å²) in [5, 5.41) is -0.0695. The molecule has 0 atom stereocenters. The van der Waals surface area contributed by atoms with Gasteiger partial charge in [-0.2, -0.15) is 4.99 Å². The lowest BCUT2D eigenvalue weighted by molar-refractivity contribution is -0.116. The highest BCUT2D eigenvalue weighted by atomic mass is 32.2. The van der Waals surface area contributed by atoms with Crippen LogP contribution in [0.5, 0.6) is 0 Å². The fourth-order valence-electron chi connectivity index (χ4n) is 1.65. The number of rotatable bonds is 2. The lowest BCUT2D eigenvalue weighted by Gasteiger charge is -1.96. The van der Waals surface area contributed by atoms with E-state index in [2.05, 4.69) is 11.1 Å². The Kier molecular flexibility index (Phi) is 4.21. The van der Waals surface area contributed by atoms with E-state index in [-0.39, 0.29) is 16.8 Å². The molecule has 100 valence electrons. The van der Waals surface area contributed by atoms with Crippen molar-refractivity contribution in [1.82, 2.24) is 4.57 Å². The first-order chi connectivity index (χ1) is 8.97. The second-order valence-electron chi connectivity index (χ2n) is 4.20. The van der Waals surface area contributed by atoms with E-state index < -0.39 is 0 Å². The minimum Gasteiger partial charge on any atom is -0.319 e. The molecule has 1 amide bonds. The van der Waals surface area contributed by atoms with Crippen LogP contribution < -0.4 is 4.80 Å². The maximum absolute atomic E-state index is 11.7. The largest absolute Gasteiger partial charge is 0.319 e. The molecule has 2 aromatic rings. The van der Waals surface area contributed by atoms with E-state index in [4.69, 9.17) is 0 Å². The molecule has 1 heterocycles. The summed E-state index contributed by atoms with van der Waals surface area (Å²) in [6.45, 7) is 3.48. The van der Waals surface area contributed by atoms with E-state index in [0.717, 1.165) is 22.0 Å². The topological polar surface area (TPSA) is 51.4 Å². The van der Waals surface area contributed by atoms with Crippen LogP contribution in [-0.2, 0) is 16.6 Å². The Morgan fingerprint density at radius 1 is 1.42 bits per heavy atom. The Morgan fingerprint density at radius 2 is 2.16 bits per heavy atom. The molecule has 0 unspecified atom stereocenters. The molecular formula is C13H14N2O2S2. The zero-order valence-corrected chi connectivity index (χ0v) is 12.6. The second-order valence-corrected chi connectivity index (χ2v) is 6.36. The van der Waals surface area contributed by atoms with Crippen LogP contribution in [0, 0.1) is 6.92 Å². The van der Waals surface area contributed by atoms with Crippen molar-refractivity contribution in [3.05, 3.63) is 28.6 Å². The molecule has 2 rings (SSSR count). The molecule has 6 heteroatoms. The van der Waals surface area contributed by atoms with Gasteiger partial charge in [-0.15, -0.1) is 0 Å². The lowest BCUT2D eigenvalue weighted by atomic mass is 10.2. The summed E-state index contributed by atoms with van der Waals surface area (Å²) in [5.74, 6) is -0.179. The van der Waals surface area contributed by atoms with Crippen molar-refractivity contribution in [2.75, 3.05) is 5.75 Å². The summed E-state index contributed by atoms with van der Waals surface area (Å²) in [7, 11) is 1.89. The van der Waals surface area contributed by atoms with Gasteiger partial charge in [0.1, 0.15) is 0 Å². The first kappa shape index (κ1) is 14.0. The van der Waals surface area contributed by atoms with Crippen LogP contribution in [0.15, 0.2) is 23.2 Å². The molecule has 0 aliphatic carbocycles. The second kappa shape index (κ2) is 5.71. The maximum atomic E-state index is 11.7. The number of nitrogens with zero attached hydrogens (tertiary/aromatic N) is 2. The Hall–Kier alpha value is -1.40. The molecule has 0 spiro atoms. The van der Waals surface area contributed by atoms with E-state index in [1.807, 2.05) is 30.7 Å². The number of aryl methyl sites for hydroxylation is 2. The van der Waals surface area contributed by atoms with E-state index >= 15 is 0 Å². The molecule has 19 heavy (non-hydrogen) atoms. The predicted molar refractivity (Wildman–Crippen MR) is 79.2 cm³/mol. The van der Waals surface area contributed by atoms with Crippen molar-refractivity contribution in [3.63, 3.8) is 0 Å². The van der Waals surface area contributed by atoms with E-state index in [1.165, 1.54) is 23.8 Å². The van der Waals surface area contributed by atoms with Crippen molar-refractivity contribution in [3.8, 4) is 0 Å². The van der Waals surface area contributed by atoms with Crippen LogP contribution in [0.2, 0.25) is 0 Å². The molecule has 0 fully saturated rings. The Labute approximate surface area is 119 Å². The summed E-state index contributed by atoms with van der Waals surface area (Å²) in [6.07, 6.45) is 0. The van der Waals surface area contributed by atoms with Gasteiger partial charge < -0.3 is 4.57 Å². The van der Waals surface area contributed by atoms with Crippen LogP contribution in [0.1, 0.15) is 12.5 Å². The minimum absolute atomic E-state index is 0.0695. The third-order valence-corrected chi connectivity index (χ3v) is 4.48. The van der Waals surface area contributed by atoms with E-state index in [0.29, 0.717) is 4.80 Å². The van der Waals surface area contributed by atoms with Crippen LogP contribution in [0.3, 0.4) is 0 Å². The molecule has 0 aliphatic heterocycles. The van der Waals surface area contributed by atoms with Gasteiger partial charge in [0, 0.05) is 14.0 Å². The molecule has 0 bridgehead atoms. The summed E-state index contributed by atoms with van der Waals surface area (Å²) in [6, 6.07) is 6.13. The smallest absolute Gasteiger partial charge is 0.258 e. The zero-order chi connectivity index (χ0) is 14.0. The molecule has 0 saturated heterocycles. The van der Waals surface area contributed by atoms with Crippen molar-refractivity contribution in [2.45, 2.75) is 13.8 Å². The third kappa shape index (κ3) is 3.33. The van der Waals surface area contributed by atoms with Gasteiger partial charge in [-0.05, 0) is 24.6 Å². The molecule has 1 aromatic heterocycles. The number of thiazole rings is 1. The third-order valence-electron chi connectivity index (χ3n) is 2.58. The zero-order valence-electron chi connectivity index (χ0n) is 11.0. The fraction of sp³-hybridized carbons (Fsp3) is 0.308.